The normalized spacial score (nSPS) is 15.6. The number of aromatic amines is 3. The molecular formula is C45H59N11O6S3. The molecule has 348 valence electrons. The lowest BCUT2D eigenvalue weighted by Gasteiger charge is -2.26. The molecular weight excluding hydrogens is 887 g/mol. The van der Waals surface area contributed by atoms with Crippen LogP contribution in [0.2, 0.25) is 0 Å². The third-order valence-corrected chi connectivity index (χ3v) is 13.3. The predicted octanol–water partition coefficient (Wildman–Crippen LogP) is 7.78. The molecule has 0 unspecified atom stereocenters. The first kappa shape index (κ1) is 48.8. The molecule has 6 aromatic rings. The zero-order chi connectivity index (χ0) is 46.0. The summed E-state index contributed by atoms with van der Waals surface area (Å²) in [5, 5.41) is 40.7. The van der Waals surface area contributed by atoms with Crippen LogP contribution in [0.5, 0.6) is 0 Å². The van der Waals surface area contributed by atoms with E-state index in [0.29, 0.717) is 37.3 Å². The van der Waals surface area contributed by atoms with Crippen molar-refractivity contribution in [2.45, 2.75) is 64.9 Å². The number of rotatable bonds is 6. The van der Waals surface area contributed by atoms with Gasteiger partial charge in [-0.2, -0.15) is 15.3 Å². The van der Waals surface area contributed by atoms with Crippen molar-refractivity contribution < 1.29 is 29.0 Å². The van der Waals surface area contributed by atoms with Crippen molar-refractivity contribution >= 4 is 57.9 Å². The zero-order valence-electron chi connectivity index (χ0n) is 37.1. The van der Waals surface area contributed by atoms with Gasteiger partial charge in [0, 0.05) is 112 Å². The van der Waals surface area contributed by atoms with Gasteiger partial charge in [0.15, 0.2) is 0 Å². The van der Waals surface area contributed by atoms with Gasteiger partial charge >= 0.3 is 12.1 Å². The van der Waals surface area contributed by atoms with E-state index in [1.54, 1.807) is 52.5 Å². The molecule has 0 bridgehead atoms. The number of carbonyl (C=O) groups excluding carboxylic acids is 3. The van der Waals surface area contributed by atoms with Crippen LogP contribution < -0.4 is 10.6 Å². The van der Waals surface area contributed by atoms with E-state index in [0.717, 1.165) is 75.9 Å². The van der Waals surface area contributed by atoms with E-state index in [1.165, 1.54) is 61.4 Å². The molecule has 3 aliphatic rings. The van der Waals surface area contributed by atoms with Crippen molar-refractivity contribution in [2.75, 3.05) is 65.4 Å². The molecule has 0 aromatic carbocycles. The highest BCUT2D eigenvalue weighted by Crippen LogP contribution is 2.29. The van der Waals surface area contributed by atoms with Gasteiger partial charge in [0.2, 0.25) is 0 Å². The Morgan fingerprint density at radius 3 is 1.46 bits per heavy atom. The highest BCUT2D eigenvalue weighted by Gasteiger charge is 2.27. The lowest BCUT2D eigenvalue weighted by atomic mass is 10.2. The number of aromatic nitrogens is 6. The molecule has 9 heterocycles. The number of nitrogens with one attached hydrogen (secondary N) is 5. The molecule has 17 nitrogen and oxygen atoms in total. The minimum absolute atomic E-state index is 0.00188. The van der Waals surface area contributed by atoms with Crippen LogP contribution in [0.4, 0.5) is 4.79 Å². The minimum atomic E-state index is -0.897. The van der Waals surface area contributed by atoms with Crippen LogP contribution in [-0.2, 0) is 4.74 Å². The smallest absolute Gasteiger partial charge is 0.410 e. The molecule has 20 heteroatoms. The van der Waals surface area contributed by atoms with Crippen molar-refractivity contribution in [3.63, 3.8) is 0 Å². The third-order valence-electron chi connectivity index (χ3n) is 10.4. The highest BCUT2D eigenvalue weighted by atomic mass is 32.1. The third kappa shape index (κ3) is 15.2. The Morgan fingerprint density at radius 2 is 0.985 bits per heavy atom. The van der Waals surface area contributed by atoms with E-state index in [4.69, 9.17) is 9.84 Å². The summed E-state index contributed by atoms with van der Waals surface area (Å²) in [6.45, 7) is 13.8. The number of nitrogens with zero attached hydrogens (tertiary/aromatic N) is 6. The Labute approximate surface area is 391 Å². The largest absolute Gasteiger partial charge is 0.478 e. The van der Waals surface area contributed by atoms with Gasteiger partial charge in [0.05, 0.1) is 35.3 Å². The monoisotopic (exact) mass is 945 g/mol. The average molecular weight is 946 g/mol. The van der Waals surface area contributed by atoms with Gasteiger partial charge in [-0.1, -0.05) is 12.8 Å². The van der Waals surface area contributed by atoms with Crippen LogP contribution in [0.3, 0.4) is 0 Å². The standard InChI is InChI=1S/C18H24N4O3S.C13H16N4OS.C8H6N2O2S.C6H13N/c1-18(2,3)25-17(24)22-6-4-5-21(7-8-22)16(23)13-9-15(26-12-13)14-10-19-20-11-14;18-13(17-4-1-2-14-3-5-17)10-6-12(19-9-10)11-7-15-16-8-11;11-8(12)5-1-7(13-4-5)6-2-9-10-3-6;1-2-4-6-7-5-3-1/h9-12H,4-8H2,1-3H3,(H,19,20);6-9,14H,1-5H2,(H,15,16);1-4H,(H,9,10)(H,11,12);7H,1-6H2. The van der Waals surface area contributed by atoms with E-state index in [-0.39, 0.29) is 17.9 Å². The van der Waals surface area contributed by atoms with E-state index >= 15 is 0 Å². The Bertz CT molecular complexity index is 2320. The van der Waals surface area contributed by atoms with Gasteiger partial charge in [-0.15, -0.1) is 34.0 Å². The SMILES string of the molecule is C1CCCNCC1.CC(C)(C)OC(=O)N1CCCN(C(=O)c2csc(-c3cn[nH]c3)c2)CC1.O=C(O)c1csc(-c2cn[nH]c2)c1.O=C(c1csc(-c2cn[nH]c2)c1)N1CCCNCC1. The van der Waals surface area contributed by atoms with Crippen molar-refractivity contribution in [2.24, 2.45) is 0 Å². The second kappa shape index (κ2) is 24.6. The summed E-state index contributed by atoms with van der Waals surface area (Å²) in [5.74, 6) is -0.761. The van der Waals surface area contributed by atoms with Crippen LogP contribution in [-0.4, -0.2) is 145 Å². The van der Waals surface area contributed by atoms with Gasteiger partial charge in [-0.25, -0.2) is 9.59 Å². The Morgan fingerprint density at radius 1 is 0.554 bits per heavy atom. The second-order valence-electron chi connectivity index (χ2n) is 16.5. The lowest BCUT2D eigenvalue weighted by Crippen LogP contribution is -2.40. The van der Waals surface area contributed by atoms with Gasteiger partial charge in [-0.05, 0) is 84.3 Å². The molecule has 3 aliphatic heterocycles. The van der Waals surface area contributed by atoms with Crippen molar-refractivity contribution in [1.82, 2.24) is 55.9 Å². The second-order valence-corrected chi connectivity index (χ2v) is 19.3. The molecule has 3 saturated heterocycles. The summed E-state index contributed by atoms with van der Waals surface area (Å²) in [6.07, 6.45) is 17.7. The number of carbonyl (C=O) groups is 4. The molecule has 65 heavy (non-hydrogen) atoms. The average Bonchev–Trinajstić information content (AvgIpc) is 4.15. The zero-order valence-corrected chi connectivity index (χ0v) is 39.6. The fourth-order valence-electron chi connectivity index (χ4n) is 6.98. The van der Waals surface area contributed by atoms with E-state index in [2.05, 4.69) is 41.2 Å². The van der Waals surface area contributed by atoms with Crippen molar-refractivity contribution in [1.29, 1.82) is 0 Å². The maximum atomic E-state index is 12.8. The number of hydrogen-bond acceptors (Lipinski definition) is 13. The molecule has 0 radical (unpaired) electrons. The van der Waals surface area contributed by atoms with Crippen LogP contribution in [0.1, 0.15) is 90.4 Å². The molecule has 0 atom stereocenters. The number of carboxylic acid groups (broad SMARTS) is 1. The number of ether oxygens (including phenoxy) is 1. The van der Waals surface area contributed by atoms with Gasteiger partial charge < -0.3 is 35.2 Å². The van der Waals surface area contributed by atoms with Crippen LogP contribution in [0, 0.1) is 0 Å². The molecule has 6 aromatic heterocycles. The molecule has 0 saturated carbocycles. The van der Waals surface area contributed by atoms with Crippen LogP contribution in [0.15, 0.2) is 71.5 Å². The Balaban J connectivity index is 0.000000156. The van der Waals surface area contributed by atoms with E-state index < -0.39 is 11.6 Å². The minimum Gasteiger partial charge on any atom is -0.478 e. The first-order valence-corrected chi connectivity index (χ1v) is 24.5. The summed E-state index contributed by atoms with van der Waals surface area (Å²) >= 11 is 4.50. The topological polar surface area (TPSA) is 218 Å². The summed E-state index contributed by atoms with van der Waals surface area (Å²) in [7, 11) is 0. The lowest BCUT2D eigenvalue weighted by molar-refractivity contribution is 0.0255. The van der Waals surface area contributed by atoms with E-state index in [9.17, 15) is 19.2 Å². The van der Waals surface area contributed by atoms with Crippen molar-refractivity contribution in [3.8, 4) is 31.3 Å². The first-order valence-electron chi connectivity index (χ1n) is 21.9. The summed E-state index contributed by atoms with van der Waals surface area (Å²) in [4.78, 5) is 56.5. The highest BCUT2D eigenvalue weighted by molar-refractivity contribution is 7.14. The predicted molar refractivity (Wildman–Crippen MR) is 256 cm³/mol. The number of aromatic carboxylic acids is 1. The Kier molecular flexibility index (Phi) is 18.4. The van der Waals surface area contributed by atoms with Gasteiger partial charge in [-0.3, -0.25) is 24.9 Å². The fraction of sp³-hybridized carbons (Fsp3) is 0.444. The maximum Gasteiger partial charge on any atom is 0.410 e. The molecule has 3 fully saturated rings. The maximum absolute atomic E-state index is 12.8. The number of amides is 3. The molecule has 0 aliphatic carbocycles. The molecule has 6 N–H and O–H groups in total. The number of H-pyrrole nitrogens is 3. The Hall–Kier alpha value is -5.67. The molecule has 9 rings (SSSR count). The molecule has 0 spiro atoms. The van der Waals surface area contributed by atoms with E-state index in [1.807, 2.05) is 65.9 Å². The van der Waals surface area contributed by atoms with Gasteiger partial charge in [0.1, 0.15) is 5.60 Å². The number of carboxylic acids is 1. The summed E-state index contributed by atoms with van der Waals surface area (Å²) in [5.41, 5.74) is 4.18. The quantitative estimate of drug-likeness (QED) is 0.0948. The van der Waals surface area contributed by atoms with Crippen molar-refractivity contribution in [3.05, 3.63) is 88.2 Å². The number of thiophene rings is 3. The van der Waals surface area contributed by atoms with Crippen LogP contribution >= 0.6 is 34.0 Å². The summed E-state index contributed by atoms with van der Waals surface area (Å²) < 4.78 is 5.43. The summed E-state index contributed by atoms with van der Waals surface area (Å²) in [6, 6.07) is 5.49. The number of hydrogen-bond donors (Lipinski definition) is 6. The van der Waals surface area contributed by atoms with Crippen LogP contribution in [0.25, 0.3) is 31.3 Å². The van der Waals surface area contributed by atoms with Gasteiger partial charge in [0.25, 0.3) is 11.8 Å². The first-order chi connectivity index (χ1) is 31.4. The molecule has 3 amide bonds. The fourth-order valence-corrected chi connectivity index (χ4v) is 9.57.